The van der Waals surface area contributed by atoms with Crippen molar-refractivity contribution >= 4 is 5.97 Å². The zero-order valence-electron chi connectivity index (χ0n) is 12.7. The molecule has 1 unspecified atom stereocenters. The molecule has 120 valence electrons. The lowest BCUT2D eigenvalue weighted by atomic mass is 9.90. The van der Waals surface area contributed by atoms with E-state index in [2.05, 4.69) is 4.90 Å². The number of benzene rings is 1. The highest BCUT2D eigenvalue weighted by molar-refractivity contribution is 5.74. The minimum atomic E-state index is -0.702. The van der Waals surface area contributed by atoms with Gasteiger partial charge in [-0.2, -0.15) is 0 Å². The molecule has 22 heavy (non-hydrogen) atoms. The first-order valence-corrected chi connectivity index (χ1v) is 7.55. The summed E-state index contributed by atoms with van der Waals surface area (Å²) in [4.78, 5) is 13.4. The summed E-state index contributed by atoms with van der Waals surface area (Å²) in [5.41, 5.74) is -0.599. The number of ether oxygens (including phenoxy) is 3. The van der Waals surface area contributed by atoms with Crippen molar-refractivity contribution in [3.05, 3.63) is 18.2 Å². The Morgan fingerprint density at radius 3 is 3.00 bits per heavy atom. The third-order valence-electron chi connectivity index (χ3n) is 4.30. The van der Waals surface area contributed by atoms with E-state index in [9.17, 15) is 9.90 Å². The Morgan fingerprint density at radius 1 is 1.41 bits per heavy atom. The van der Waals surface area contributed by atoms with Crippen LogP contribution in [0.4, 0.5) is 0 Å². The van der Waals surface area contributed by atoms with Crippen molar-refractivity contribution in [2.45, 2.75) is 19.8 Å². The number of rotatable bonds is 6. The Bertz CT molecular complexity index is 561. The topological polar surface area (TPSA) is 68.2 Å². The van der Waals surface area contributed by atoms with Crippen LogP contribution in [0.15, 0.2) is 18.2 Å². The summed E-state index contributed by atoms with van der Waals surface area (Å²) in [6.45, 7) is 4.99. The maximum atomic E-state index is 11.2. The van der Waals surface area contributed by atoms with Gasteiger partial charge < -0.3 is 24.2 Å². The zero-order valence-corrected chi connectivity index (χ0v) is 12.7. The van der Waals surface area contributed by atoms with E-state index in [1.165, 1.54) is 0 Å². The van der Waals surface area contributed by atoms with Gasteiger partial charge in [0.05, 0.1) is 12.0 Å². The molecule has 1 aromatic rings. The third kappa shape index (κ3) is 3.11. The maximum absolute atomic E-state index is 11.2. The maximum Gasteiger partial charge on any atom is 0.310 e. The number of aliphatic carboxylic acids is 1. The zero-order chi connectivity index (χ0) is 15.6. The molecular weight excluding hydrogens is 286 g/mol. The van der Waals surface area contributed by atoms with Crippen LogP contribution >= 0.6 is 0 Å². The lowest BCUT2D eigenvalue weighted by molar-refractivity contribution is -0.147. The van der Waals surface area contributed by atoms with Crippen molar-refractivity contribution < 1.29 is 24.1 Å². The highest BCUT2D eigenvalue weighted by Crippen LogP contribution is 2.35. The van der Waals surface area contributed by atoms with Gasteiger partial charge in [-0.05, 0) is 38.4 Å². The molecule has 6 nitrogen and oxygen atoms in total. The molecule has 1 N–H and O–H groups in total. The molecule has 0 radical (unpaired) electrons. The smallest absolute Gasteiger partial charge is 0.310 e. The molecule has 1 fully saturated rings. The summed E-state index contributed by atoms with van der Waals surface area (Å²) in [6, 6.07) is 5.54. The van der Waals surface area contributed by atoms with Crippen LogP contribution in [-0.4, -0.2) is 49.0 Å². The van der Waals surface area contributed by atoms with Crippen molar-refractivity contribution in [2.24, 2.45) is 5.41 Å². The first kappa shape index (κ1) is 15.0. The Kier molecular flexibility index (Phi) is 4.11. The number of carboxylic acids is 1. The van der Waals surface area contributed by atoms with Gasteiger partial charge in [0, 0.05) is 19.2 Å². The molecule has 1 aromatic carbocycles. The molecule has 3 rings (SSSR count). The van der Waals surface area contributed by atoms with Crippen molar-refractivity contribution in [2.75, 3.05) is 33.0 Å². The fraction of sp³-hybridized carbons (Fsp3) is 0.562. The lowest BCUT2D eigenvalue weighted by Crippen LogP contribution is -2.32. The minimum absolute atomic E-state index is 0.260. The number of carbonyl (C=O) groups is 1. The van der Waals surface area contributed by atoms with Crippen molar-refractivity contribution in [3.63, 3.8) is 0 Å². The molecule has 0 bridgehead atoms. The largest absolute Gasteiger partial charge is 0.493 e. The van der Waals surface area contributed by atoms with Crippen LogP contribution in [0, 0.1) is 5.41 Å². The van der Waals surface area contributed by atoms with Crippen LogP contribution in [0.5, 0.6) is 17.2 Å². The fourth-order valence-corrected chi connectivity index (χ4v) is 2.87. The number of fused-ring (bicyclic) bond motifs is 1. The van der Waals surface area contributed by atoms with Gasteiger partial charge in [0.1, 0.15) is 5.75 Å². The van der Waals surface area contributed by atoms with Gasteiger partial charge >= 0.3 is 5.97 Å². The first-order chi connectivity index (χ1) is 10.6. The van der Waals surface area contributed by atoms with E-state index < -0.39 is 11.4 Å². The van der Waals surface area contributed by atoms with E-state index in [0.29, 0.717) is 25.3 Å². The van der Waals surface area contributed by atoms with Crippen molar-refractivity contribution in [3.8, 4) is 17.2 Å². The Hall–Kier alpha value is -1.95. The summed E-state index contributed by atoms with van der Waals surface area (Å²) < 4.78 is 16.3. The van der Waals surface area contributed by atoms with Gasteiger partial charge in [-0.25, -0.2) is 0 Å². The van der Waals surface area contributed by atoms with E-state index in [1.54, 1.807) is 0 Å². The van der Waals surface area contributed by atoms with E-state index in [-0.39, 0.29) is 6.79 Å². The quantitative estimate of drug-likeness (QED) is 0.811. The second-order valence-electron chi connectivity index (χ2n) is 6.11. The van der Waals surface area contributed by atoms with E-state index >= 15 is 0 Å². The number of carboxylic acid groups (broad SMARTS) is 1. The number of likely N-dealkylation sites (tertiary alicyclic amines) is 1. The van der Waals surface area contributed by atoms with Crippen LogP contribution in [-0.2, 0) is 4.79 Å². The number of hydrogen-bond donors (Lipinski definition) is 1. The second kappa shape index (κ2) is 6.04. The standard InChI is InChI=1S/C16H21NO5/c1-16(15(18)19)5-7-17(10-16)6-2-8-20-12-3-4-13-14(9-12)22-11-21-13/h3-4,9H,2,5-8,10-11H2,1H3,(H,18,19). The Balaban J connectivity index is 1.40. The first-order valence-electron chi connectivity index (χ1n) is 7.55. The third-order valence-corrected chi connectivity index (χ3v) is 4.30. The second-order valence-corrected chi connectivity index (χ2v) is 6.11. The molecule has 1 atom stereocenters. The molecule has 6 heteroatoms. The lowest BCUT2D eigenvalue weighted by Gasteiger charge is -2.20. The summed E-state index contributed by atoms with van der Waals surface area (Å²) in [7, 11) is 0. The van der Waals surface area contributed by atoms with Gasteiger partial charge in [0.15, 0.2) is 11.5 Å². The molecule has 2 heterocycles. The van der Waals surface area contributed by atoms with Crippen LogP contribution < -0.4 is 14.2 Å². The molecule has 0 spiro atoms. The monoisotopic (exact) mass is 307 g/mol. The molecule has 0 saturated carbocycles. The SMILES string of the molecule is CC1(C(=O)O)CCN(CCCOc2ccc3c(c2)OCO3)C1. The Morgan fingerprint density at radius 2 is 2.23 bits per heavy atom. The van der Waals surface area contributed by atoms with Gasteiger partial charge in [-0.1, -0.05) is 0 Å². The van der Waals surface area contributed by atoms with Gasteiger partial charge in [0.25, 0.3) is 0 Å². The molecule has 2 aliphatic rings. The molecule has 0 aliphatic carbocycles. The molecular formula is C16H21NO5. The molecule has 1 saturated heterocycles. The molecule has 0 amide bonds. The summed E-state index contributed by atoms with van der Waals surface area (Å²) >= 11 is 0. The number of hydrogen-bond acceptors (Lipinski definition) is 5. The van der Waals surface area contributed by atoms with Crippen LogP contribution in [0.1, 0.15) is 19.8 Å². The van der Waals surface area contributed by atoms with Crippen molar-refractivity contribution in [1.82, 2.24) is 4.90 Å². The van der Waals surface area contributed by atoms with Gasteiger partial charge in [-0.15, -0.1) is 0 Å². The fourth-order valence-electron chi connectivity index (χ4n) is 2.87. The predicted octanol–water partition coefficient (Wildman–Crippen LogP) is 1.98. The molecule has 2 aliphatic heterocycles. The normalized spacial score (nSPS) is 23.7. The van der Waals surface area contributed by atoms with Crippen LogP contribution in [0.25, 0.3) is 0 Å². The summed E-state index contributed by atoms with van der Waals surface area (Å²) in [5.74, 6) is 1.53. The summed E-state index contributed by atoms with van der Waals surface area (Å²) in [6.07, 6.45) is 1.58. The average Bonchev–Trinajstić information content (AvgIpc) is 3.10. The van der Waals surface area contributed by atoms with Crippen molar-refractivity contribution in [1.29, 1.82) is 0 Å². The van der Waals surface area contributed by atoms with Gasteiger partial charge in [-0.3, -0.25) is 4.79 Å². The highest BCUT2D eigenvalue weighted by Gasteiger charge is 2.39. The minimum Gasteiger partial charge on any atom is -0.493 e. The van der Waals surface area contributed by atoms with Crippen LogP contribution in [0.2, 0.25) is 0 Å². The predicted molar refractivity (Wildman–Crippen MR) is 79.5 cm³/mol. The van der Waals surface area contributed by atoms with E-state index in [1.807, 2.05) is 25.1 Å². The molecule has 0 aromatic heterocycles. The average molecular weight is 307 g/mol. The summed E-state index contributed by atoms with van der Waals surface area (Å²) in [5, 5.41) is 9.21. The Labute approximate surface area is 129 Å². The van der Waals surface area contributed by atoms with Gasteiger partial charge in [0.2, 0.25) is 6.79 Å². The van der Waals surface area contributed by atoms with E-state index in [4.69, 9.17) is 14.2 Å². The van der Waals surface area contributed by atoms with E-state index in [0.717, 1.165) is 31.0 Å². The van der Waals surface area contributed by atoms with Crippen LogP contribution in [0.3, 0.4) is 0 Å². The highest BCUT2D eigenvalue weighted by atomic mass is 16.7. The number of nitrogens with zero attached hydrogens (tertiary/aromatic N) is 1.